The molecule has 1 aromatic heterocycles. The maximum absolute atomic E-state index is 4.69. The van der Waals surface area contributed by atoms with Gasteiger partial charge in [0.05, 0.1) is 10.2 Å². The van der Waals surface area contributed by atoms with E-state index in [-0.39, 0.29) is 0 Å². The predicted octanol–water partition coefficient (Wildman–Crippen LogP) is 4.35. The maximum atomic E-state index is 4.69. The average Bonchev–Trinajstić information content (AvgIpc) is 2.88. The lowest BCUT2D eigenvalue weighted by molar-refractivity contribution is 0.278. The van der Waals surface area contributed by atoms with E-state index in [4.69, 9.17) is 4.98 Å². The lowest BCUT2D eigenvalue weighted by Gasteiger charge is -2.28. The quantitative estimate of drug-likeness (QED) is 0.896. The molecule has 1 aromatic carbocycles. The molecule has 0 bridgehead atoms. The molecule has 2 aromatic rings. The van der Waals surface area contributed by atoms with Crippen LogP contribution in [0.1, 0.15) is 44.0 Å². The molecule has 0 saturated heterocycles. The number of hydrogen-bond donors (Lipinski definition) is 1. The van der Waals surface area contributed by atoms with Crippen molar-refractivity contribution in [2.24, 2.45) is 5.92 Å². The summed E-state index contributed by atoms with van der Waals surface area (Å²) in [4.78, 5) is 4.69. The Morgan fingerprint density at radius 3 is 3.05 bits per heavy atom. The number of nitrogens with one attached hydrogen (secondary N) is 1. The summed E-state index contributed by atoms with van der Waals surface area (Å²) in [5.74, 6) is 0.932. The molecule has 2 unspecified atom stereocenters. The second-order valence-electron chi connectivity index (χ2n) is 5.59. The summed E-state index contributed by atoms with van der Waals surface area (Å²) >= 11 is 1.82. The maximum Gasteiger partial charge on any atom is 0.108 e. The third kappa shape index (κ3) is 3.15. The molecule has 1 heterocycles. The Bertz CT molecular complexity index is 501. The van der Waals surface area contributed by atoms with E-state index in [1.807, 2.05) is 11.3 Å². The zero-order valence-corrected chi connectivity index (χ0v) is 12.4. The van der Waals surface area contributed by atoms with Crippen LogP contribution in [0.2, 0.25) is 0 Å². The van der Waals surface area contributed by atoms with Crippen LogP contribution in [-0.4, -0.2) is 11.0 Å². The number of nitrogens with zero attached hydrogens (tertiary/aromatic N) is 1. The SMILES string of the molecule is CCC1CCCC(NCc2nc3ccccc3s2)C1. The molecule has 19 heavy (non-hydrogen) atoms. The van der Waals surface area contributed by atoms with Gasteiger partial charge in [-0.05, 0) is 30.9 Å². The van der Waals surface area contributed by atoms with Crippen LogP contribution in [0.4, 0.5) is 0 Å². The fraction of sp³-hybridized carbons (Fsp3) is 0.562. The molecule has 3 rings (SSSR count). The van der Waals surface area contributed by atoms with Crippen molar-refractivity contribution < 1.29 is 0 Å². The Balaban J connectivity index is 1.59. The van der Waals surface area contributed by atoms with E-state index < -0.39 is 0 Å². The zero-order valence-electron chi connectivity index (χ0n) is 11.6. The summed E-state index contributed by atoms with van der Waals surface area (Å²) in [5.41, 5.74) is 1.14. The molecule has 102 valence electrons. The third-order valence-corrected chi connectivity index (χ3v) is 5.28. The van der Waals surface area contributed by atoms with Crippen molar-refractivity contribution in [3.8, 4) is 0 Å². The minimum absolute atomic E-state index is 0.700. The molecule has 1 aliphatic carbocycles. The van der Waals surface area contributed by atoms with Crippen LogP contribution in [0.15, 0.2) is 24.3 Å². The molecular weight excluding hydrogens is 252 g/mol. The van der Waals surface area contributed by atoms with Crippen LogP contribution in [0, 0.1) is 5.92 Å². The fourth-order valence-electron chi connectivity index (χ4n) is 3.07. The number of rotatable bonds is 4. The van der Waals surface area contributed by atoms with Gasteiger partial charge in [0, 0.05) is 12.6 Å². The van der Waals surface area contributed by atoms with Crippen LogP contribution in [-0.2, 0) is 6.54 Å². The van der Waals surface area contributed by atoms with Crippen LogP contribution < -0.4 is 5.32 Å². The van der Waals surface area contributed by atoms with Crippen molar-refractivity contribution in [3.63, 3.8) is 0 Å². The van der Waals surface area contributed by atoms with Gasteiger partial charge in [0.15, 0.2) is 0 Å². The van der Waals surface area contributed by atoms with E-state index in [1.54, 1.807) is 0 Å². The van der Waals surface area contributed by atoms with E-state index >= 15 is 0 Å². The third-order valence-electron chi connectivity index (χ3n) is 4.24. The van der Waals surface area contributed by atoms with Crippen LogP contribution >= 0.6 is 11.3 Å². The van der Waals surface area contributed by atoms with E-state index in [0.29, 0.717) is 6.04 Å². The average molecular weight is 274 g/mol. The Morgan fingerprint density at radius 1 is 1.32 bits per heavy atom. The Kier molecular flexibility index (Phi) is 4.14. The normalized spacial score (nSPS) is 23.8. The molecular formula is C16H22N2S. The first-order valence-corrected chi connectivity index (χ1v) is 8.24. The summed E-state index contributed by atoms with van der Waals surface area (Å²) in [6.07, 6.45) is 6.83. The van der Waals surface area contributed by atoms with Gasteiger partial charge in [0.1, 0.15) is 5.01 Å². The van der Waals surface area contributed by atoms with Crippen molar-refractivity contribution >= 4 is 21.6 Å². The minimum atomic E-state index is 0.700. The van der Waals surface area contributed by atoms with Crippen molar-refractivity contribution in [3.05, 3.63) is 29.3 Å². The first-order chi connectivity index (χ1) is 9.35. The number of thiazole rings is 1. The molecule has 2 atom stereocenters. The van der Waals surface area contributed by atoms with E-state index in [1.165, 1.54) is 41.8 Å². The largest absolute Gasteiger partial charge is 0.308 e. The van der Waals surface area contributed by atoms with Crippen molar-refractivity contribution in [2.75, 3.05) is 0 Å². The summed E-state index contributed by atoms with van der Waals surface area (Å²) in [6.45, 7) is 3.25. The number of para-hydroxylation sites is 1. The van der Waals surface area contributed by atoms with Crippen molar-refractivity contribution in [1.82, 2.24) is 10.3 Å². The van der Waals surface area contributed by atoms with Gasteiger partial charge >= 0.3 is 0 Å². The van der Waals surface area contributed by atoms with E-state index in [9.17, 15) is 0 Å². The summed E-state index contributed by atoms with van der Waals surface area (Å²) in [6, 6.07) is 9.11. The molecule has 1 N–H and O–H groups in total. The highest BCUT2D eigenvalue weighted by atomic mass is 32.1. The lowest BCUT2D eigenvalue weighted by Crippen LogP contribution is -2.33. The summed E-state index contributed by atoms with van der Waals surface area (Å²) in [5, 5.41) is 4.93. The zero-order chi connectivity index (χ0) is 13.1. The van der Waals surface area contributed by atoms with E-state index in [2.05, 4.69) is 36.5 Å². The van der Waals surface area contributed by atoms with Gasteiger partial charge in [-0.25, -0.2) is 4.98 Å². The number of fused-ring (bicyclic) bond motifs is 1. The lowest BCUT2D eigenvalue weighted by atomic mass is 9.84. The number of benzene rings is 1. The molecule has 0 radical (unpaired) electrons. The molecule has 3 heteroatoms. The Labute approximate surface area is 119 Å². The monoisotopic (exact) mass is 274 g/mol. The van der Waals surface area contributed by atoms with Gasteiger partial charge in [-0.3, -0.25) is 0 Å². The molecule has 0 spiro atoms. The smallest absolute Gasteiger partial charge is 0.108 e. The van der Waals surface area contributed by atoms with Gasteiger partial charge in [0.25, 0.3) is 0 Å². The first kappa shape index (κ1) is 13.1. The van der Waals surface area contributed by atoms with Gasteiger partial charge < -0.3 is 5.32 Å². The van der Waals surface area contributed by atoms with Gasteiger partial charge in [0.2, 0.25) is 0 Å². The highest BCUT2D eigenvalue weighted by Gasteiger charge is 2.20. The standard InChI is InChI=1S/C16H22N2S/c1-2-12-6-5-7-13(10-12)17-11-16-18-14-8-3-4-9-15(14)19-16/h3-4,8-9,12-13,17H,2,5-7,10-11H2,1H3. The van der Waals surface area contributed by atoms with Gasteiger partial charge in [-0.2, -0.15) is 0 Å². The number of hydrogen-bond acceptors (Lipinski definition) is 3. The van der Waals surface area contributed by atoms with Crippen molar-refractivity contribution in [2.45, 2.75) is 51.6 Å². The second-order valence-corrected chi connectivity index (χ2v) is 6.71. The minimum Gasteiger partial charge on any atom is -0.308 e. The highest BCUT2D eigenvalue weighted by molar-refractivity contribution is 7.18. The molecule has 1 saturated carbocycles. The summed E-state index contributed by atoms with van der Waals surface area (Å²) < 4.78 is 1.30. The van der Waals surface area contributed by atoms with E-state index in [0.717, 1.165) is 18.0 Å². The second kappa shape index (κ2) is 6.02. The summed E-state index contributed by atoms with van der Waals surface area (Å²) in [7, 11) is 0. The number of aromatic nitrogens is 1. The highest BCUT2D eigenvalue weighted by Crippen LogP contribution is 2.27. The predicted molar refractivity (Wildman–Crippen MR) is 82.5 cm³/mol. The van der Waals surface area contributed by atoms with Crippen LogP contribution in [0.5, 0.6) is 0 Å². The van der Waals surface area contributed by atoms with Gasteiger partial charge in [-0.1, -0.05) is 38.3 Å². The topological polar surface area (TPSA) is 24.9 Å². The van der Waals surface area contributed by atoms with Crippen molar-refractivity contribution in [1.29, 1.82) is 0 Å². The molecule has 1 fully saturated rings. The first-order valence-electron chi connectivity index (χ1n) is 7.43. The molecule has 1 aliphatic rings. The molecule has 2 nitrogen and oxygen atoms in total. The van der Waals surface area contributed by atoms with Gasteiger partial charge in [-0.15, -0.1) is 11.3 Å². The Morgan fingerprint density at radius 2 is 2.21 bits per heavy atom. The van der Waals surface area contributed by atoms with Crippen LogP contribution in [0.25, 0.3) is 10.2 Å². The Hall–Kier alpha value is -0.930. The molecule has 0 aliphatic heterocycles. The molecule has 0 amide bonds. The fourth-order valence-corrected chi connectivity index (χ4v) is 3.99. The van der Waals surface area contributed by atoms with Crippen LogP contribution in [0.3, 0.4) is 0 Å².